The van der Waals surface area contributed by atoms with Gasteiger partial charge in [-0.05, 0) is 29.8 Å². The minimum absolute atomic E-state index is 0.393. The molecule has 0 fully saturated rings. The van der Waals surface area contributed by atoms with Crippen molar-refractivity contribution in [2.75, 3.05) is 6.61 Å². The van der Waals surface area contributed by atoms with E-state index < -0.39 is 24.6 Å². The molecule has 2 atom stereocenters. The Labute approximate surface area is 167 Å². The molecule has 0 aliphatic heterocycles. The van der Waals surface area contributed by atoms with Crippen LogP contribution in [0.25, 0.3) is 22.0 Å². The number of aliphatic hydroxyl groups excluding tert-OH is 2. The van der Waals surface area contributed by atoms with E-state index in [1.54, 1.807) is 12.1 Å². The molecule has 3 nitrogen and oxygen atoms in total. The number of aromatic nitrogens is 1. The van der Waals surface area contributed by atoms with Crippen LogP contribution in [-0.4, -0.2) is 27.5 Å². The predicted octanol–water partition coefficient (Wildman–Crippen LogP) is 5.04. The van der Waals surface area contributed by atoms with Crippen molar-refractivity contribution < 1.29 is 14.6 Å². The van der Waals surface area contributed by atoms with Crippen molar-refractivity contribution in [3.05, 3.63) is 95.4 Å². The lowest BCUT2D eigenvalue weighted by atomic mass is 10.0. The Bertz CT molecular complexity index is 1120. The molecule has 5 heteroatoms. The van der Waals surface area contributed by atoms with Gasteiger partial charge in [0, 0.05) is 33.2 Å². The van der Waals surface area contributed by atoms with Gasteiger partial charge in [0.25, 0.3) is 0 Å². The monoisotopic (exact) mass is 395 g/mol. The fraction of sp³-hybridized carbons (Fsp3) is 0.130. The molecule has 0 unspecified atom stereocenters. The first kappa shape index (κ1) is 18.7. The second-order valence-electron chi connectivity index (χ2n) is 6.70. The molecule has 2 N–H and O–H groups in total. The number of para-hydroxylation sites is 1. The van der Waals surface area contributed by atoms with Crippen molar-refractivity contribution in [3.63, 3.8) is 0 Å². The Hall–Kier alpha value is -2.66. The number of rotatable bonds is 5. The van der Waals surface area contributed by atoms with Crippen LogP contribution in [0.1, 0.15) is 11.6 Å². The standard InChI is InChI=1S/C23H19ClFNO2/c24-20-10-3-1-8-17(20)19-13-26(21-11-4-2-9-18(19)21)23(22(28)14-27)15-6-5-7-16(25)12-15/h1-13,22-23,27-28H,14H2/t22-,23+/m1/s1. The highest BCUT2D eigenvalue weighted by molar-refractivity contribution is 6.33. The number of hydrogen-bond donors (Lipinski definition) is 2. The molecule has 4 aromatic rings. The van der Waals surface area contributed by atoms with Gasteiger partial charge in [-0.15, -0.1) is 0 Å². The molecule has 0 amide bonds. The molecule has 3 aromatic carbocycles. The van der Waals surface area contributed by atoms with E-state index >= 15 is 0 Å². The summed E-state index contributed by atoms with van der Waals surface area (Å²) in [4.78, 5) is 0. The number of nitrogens with zero attached hydrogens (tertiary/aromatic N) is 1. The van der Waals surface area contributed by atoms with E-state index in [1.807, 2.05) is 59.3 Å². The van der Waals surface area contributed by atoms with Gasteiger partial charge in [-0.25, -0.2) is 4.39 Å². The fourth-order valence-corrected chi connectivity index (χ4v) is 3.93. The average molecular weight is 396 g/mol. The maximum atomic E-state index is 13.9. The van der Waals surface area contributed by atoms with Crippen LogP contribution in [0.3, 0.4) is 0 Å². The van der Waals surface area contributed by atoms with Crippen LogP contribution in [0.2, 0.25) is 5.02 Å². The average Bonchev–Trinajstić information content (AvgIpc) is 3.08. The molecule has 142 valence electrons. The lowest BCUT2D eigenvalue weighted by molar-refractivity contribution is 0.0653. The third-order valence-corrected chi connectivity index (χ3v) is 5.28. The summed E-state index contributed by atoms with van der Waals surface area (Å²) < 4.78 is 15.8. The summed E-state index contributed by atoms with van der Waals surface area (Å²) in [6, 6.07) is 20.8. The van der Waals surface area contributed by atoms with Crippen LogP contribution in [0, 0.1) is 5.82 Å². The van der Waals surface area contributed by atoms with Gasteiger partial charge in [0.2, 0.25) is 0 Å². The lowest BCUT2D eigenvalue weighted by Crippen LogP contribution is -2.28. The normalized spacial score (nSPS) is 13.6. The van der Waals surface area contributed by atoms with Gasteiger partial charge in [-0.1, -0.05) is 60.1 Å². The molecule has 0 saturated carbocycles. The van der Waals surface area contributed by atoms with Crippen LogP contribution in [-0.2, 0) is 0 Å². The summed E-state index contributed by atoms with van der Waals surface area (Å²) in [6.07, 6.45) is 0.803. The van der Waals surface area contributed by atoms with Crippen LogP contribution in [0.15, 0.2) is 79.0 Å². The first-order chi connectivity index (χ1) is 13.6. The van der Waals surface area contributed by atoms with E-state index in [2.05, 4.69) is 0 Å². The van der Waals surface area contributed by atoms with Crippen molar-refractivity contribution in [3.8, 4) is 11.1 Å². The molecule has 4 rings (SSSR count). The zero-order valence-corrected chi connectivity index (χ0v) is 15.7. The maximum Gasteiger partial charge on any atom is 0.123 e. The first-order valence-electron chi connectivity index (χ1n) is 8.99. The summed E-state index contributed by atoms with van der Waals surface area (Å²) in [5.41, 5.74) is 3.22. The van der Waals surface area contributed by atoms with Crippen molar-refractivity contribution >= 4 is 22.5 Å². The summed E-state index contributed by atoms with van der Waals surface area (Å²) >= 11 is 6.43. The Morgan fingerprint density at radius 3 is 2.43 bits per heavy atom. The molecule has 28 heavy (non-hydrogen) atoms. The van der Waals surface area contributed by atoms with Crippen LogP contribution in [0.5, 0.6) is 0 Å². The summed E-state index contributed by atoms with van der Waals surface area (Å²) in [6.45, 7) is -0.449. The highest BCUT2D eigenvalue weighted by Gasteiger charge is 2.26. The van der Waals surface area contributed by atoms with Gasteiger partial charge in [0.1, 0.15) is 11.9 Å². The van der Waals surface area contributed by atoms with Crippen LogP contribution < -0.4 is 0 Å². The number of hydrogen-bond acceptors (Lipinski definition) is 2. The minimum Gasteiger partial charge on any atom is -0.394 e. The van der Waals surface area contributed by atoms with Gasteiger partial charge in [-0.3, -0.25) is 0 Å². The summed E-state index contributed by atoms with van der Waals surface area (Å²) in [7, 11) is 0. The summed E-state index contributed by atoms with van der Waals surface area (Å²) in [5.74, 6) is -0.393. The fourth-order valence-electron chi connectivity index (χ4n) is 3.69. The van der Waals surface area contributed by atoms with Gasteiger partial charge in [-0.2, -0.15) is 0 Å². The molecule has 0 aliphatic carbocycles. The largest absolute Gasteiger partial charge is 0.394 e. The Morgan fingerprint density at radius 1 is 0.929 bits per heavy atom. The van der Waals surface area contributed by atoms with Crippen molar-refractivity contribution in [1.82, 2.24) is 4.57 Å². The highest BCUT2D eigenvalue weighted by atomic mass is 35.5. The Kier molecular flexibility index (Phi) is 5.18. The smallest absolute Gasteiger partial charge is 0.123 e. The molecule has 0 spiro atoms. The molecule has 0 saturated heterocycles. The second kappa shape index (κ2) is 7.76. The molecule has 0 aliphatic rings. The van der Waals surface area contributed by atoms with E-state index in [0.29, 0.717) is 10.6 Å². The van der Waals surface area contributed by atoms with Crippen LogP contribution >= 0.6 is 11.6 Å². The molecule has 0 bridgehead atoms. The summed E-state index contributed by atoms with van der Waals surface area (Å²) in [5, 5.41) is 21.8. The van der Waals surface area contributed by atoms with Crippen molar-refractivity contribution in [1.29, 1.82) is 0 Å². The Morgan fingerprint density at radius 2 is 1.68 bits per heavy atom. The molecule has 1 heterocycles. The van der Waals surface area contributed by atoms with Crippen molar-refractivity contribution in [2.24, 2.45) is 0 Å². The lowest BCUT2D eigenvalue weighted by Gasteiger charge is -2.25. The second-order valence-corrected chi connectivity index (χ2v) is 7.10. The Balaban J connectivity index is 1.98. The SMILES string of the molecule is OC[C@@H](O)[C@H](c1cccc(F)c1)n1cc(-c2ccccc2Cl)c2ccccc21. The van der Waals surface area contributed by atoms with Crippen LogP contribution in [0.4, 0.5) is 4.39 Å². The topological polar surface area (TPSA) is 45.4 Å². The molecular formula is C23H19ClFNO2. The van der Waals surface area contributed by atoms with Gasteiger partial charge in [0.15, 0.2) is 0 Å². The first-order valence-corrected chi connectivity index (χ1v) is 9.37. The van der Waals surface area contributed by atoms with Gasteiger partial charge >= 0.3 is 0 Å². The minimum atomic E-state index is -1.10. The zero-order chi connectivity index (χ0) is 19.7. The van der Waals surface area contributed by atoms with E-state index in [-0.39, 0.29) is 0 Å². The van der Waals surface area contributed by atoms with Gasteiger partial charge < -0.3 is 14.8 Å². The predicted molar refractivity (Wildman–Crippen MR) is 110 cm³/mol. The maximum absolute atomic E-state index is 13.9. The van der Waals surface area contributed by atoms with E-state index in [0.717, 1.165) is 22.0 Å². The van der Waals surface area contributed by atoms with E-state index in [4.69, 9.17) is 11.6 Å². The zero-order valence-electron chi connectivity index (χ0n) is 15.0. The third kappa shape index (κ3) is 3.31. The quantitative estimate of drug-likeness (QED) is 0.497. The van der Waals surface area contributed by atoms with Crippen molar-refractivity contribution in [2.45, 2.75) is 12.1 Å². The number of fused-ring (bicyclic) bond motifs is 1. The van der Waals surface area contributed by atoms with E-state index in [9.17, 15) is 14.6 Å². The number of benzene rings is 3. The molecule has 1 aromatic heterocycles. The number of aliphatic hydroxyl groups is 2. The molecular weight excluding hydrogens is 377 g/mol. The third-order valence-electron chi connectivity index (χ3n) is 4.95. The number of halogens is 2. The van der Waals surface area contributed by atoms with E-state index in [1.165, 1.54) is 12.1 Å². The molecule has 0 radical (unpaired) electrons. The highest BCUT2D eigenvalue weighted by Crippen LogP contribution is 2.38. The van der Waals surface area contributed by atoms with Gasteiger partial charge in [0.05, 0.1) is 12.6 Å².